The molecule has 2 rings (SSSR count). The molecule has 1 aromatic carbocycles. The minimum absolute atomic E-state index is 0.170. The van der Waals surface area contributed by atoms with E-state index in [0.717, 1.165) is 11.1 Å². The Balaban J connectivity index is 2.10. The fourth-order valence-electron chi connectivity index (χ4n) is 1.83. The molecule has 0 radical (unpaired) electrons. The molecule has 0 bridgehead atoms. The van der Waals surface area contributed by atoms with Crippen LogP contribution in [0, 0.1) is 13.8 Å². The van der Waals surface area contributed by atoms with Crippen LogP contribution in [0.15, 0.2) is 18.5 Å². The van der Waals surface area contributed by atoms with Gasteiger partial charge in [0.25, 0.3) is 5.91 Å². The first-order valence-electron chi connectivity index (χ1n) is 5.97. The van der Waals surface area contributed by atoms with Gasteiger partial charge in [0.1, 0.15) is 6.33 Å². The van der Waals surface area contributed by atoms with E-state index in [2.05, 4.69) is 15.4 Å². The Morgan fingerprint density at radius 3 is 2.74 bits per heavy atom. The van der Waals surface area contributed by atoms with Crippen LogP contribution in [0.4, 0.5) is 5.69 Å². The third kappa shape index (κ3) is 2.90. The number of rotatable bonds is 3. The highest BCUT2D eigenvalue weighted by molar-refractivity contribution is 5.96. The summed E-state index contributed by atoms with van der Waals surface area (Å²) in [5.41, 5.74) is 8.90. The van der Waals surface area contributed by atoms with Crippen LogP contribution < -0.4 is 11.1 Å². The van der Waals surface area contributed by atoms with Gasteiger partial charge in [-0.05, 0) is 31.0 Å². The minimum atomic E-state index is -0.170. The molecule has 3 N–H and O–H groups in total. The van der Waals surface area contributed by atoms with E-state index in [-0.39, 0.29) is 5.91 Å². The molecule has 0 unspecified atom stereocenters. The second-order valence-electron chi connectivity index (χ2n) is 4.54. The topological polar surface area (TPSA) is 85.8 Å². The van der Waals surface area contributed by atoms with Gasteiger partial charge in [-0.25, -0.2) is 4.98 Å². The number of aryl methyl sites for hydroxylation is 3. The number of carbonyl (C=O) groups is 1. The van der Waals surface area contributed by atoms with Crippen molar-refractivity contribution in [3.05, 3.63) is 41.0 Å². The van der Waals surface area contributed by atoms with E-state index in [9.17, 15) is 4.79 Å². The molecule has 2 aromatic rings. The summed E-state index contributed by atoms with van der Waals surface area (Å²) < 4.78 is 1.59. The number of nitrogens with zero attached hydrogens (tertiary/aromatic N) is 3. The Morgan fingerprint density at radius 2 is 2.11 bits per heavy atom. The van der Waals surface area contributed by atoms with Crippen LogP contribution in [0.5, 0.6) is 0 Å². The average molecular weight is 259 g/mol. The van der Waals surface area contributed by atoms with Gasteiger partial charge >= 0.3 is 0 Å². The molecule has 0 atom stereocenters. The number of amides is 1. The fourth-order valence-corrected chi connectivity index (χ4v) is 1.83. The third-order valence-electron chi connectivity index (χ3n) is 2.91. The van der Waals surface area contributed by atoms with Crippen molar-refractivity contribution < 1.29 is 4.79 Å². The number of nitrogen functional groups attached to an aromatic ring is 1. The second-order valence-corrected chi connectivity index (χ2v) is 4.54. The van der Waals surface area contributed by atoms with E-state index in [4.69, 9.17) is 5.73 Å². The molecule has 0 saturated heterocycles. The monoisotopic (exact) mass is 259 g/mol. The Hall–Kier alpha value is -2.37. The molecule has 0 saturated carbocycles. The summed E-state index contributed by atoms with van der Waals surface area (Å²) in [7, 11) is 1.78. The summed E-state index contributed by atoms with van der Waals surface area (Å²) in [6.07, 6.45) is 1.59. The zero-order chi connectivity index (χ0) is 14.0. The third-order valence-corrected chi connectivity index (χ3v) is 2.91. The SMILES string of the molecule is Cc1cc(C)c(C(=O)NCc2ncn(C)n2)cc1N. The molecule has 0 fully saturated rings. The van der Waals surface area contributed by atoms with Crippen LogP contribution in [-0.2, 0) is 13.6 Å². The first kappa shape index (κ1) is 13.1. The highest BCUT2D eigenvalue weighted by atomic mass is 16.1. The molecule has 1 heterocycles. The maximum Gasteiger partial charge on any atom is 0.252 e. The van der Waals surface area contributed by atoms with Crippen LogP contribution in [0.25, 0.3) is 0 Å². The van der Waals surface area contributed by atoms with Gasteiger partial charge in [0.2, 0.25) is 0 Å². The van der Waals surface area contributed by atoms with Crippen molar-refractivity contribution in [3.63, 3.8) is 0 Å². The van der Waals surface area contributed by atoms with Crippen molar-refractivity contribution in [1.82, 2.24) is 20.1 Å². The second kappa shape index (κ2) is 5.09. The molecule has 0 aliphatic heterocycles. The number of hydrogen-bond acceptors (Lipinski definition) is 4. The van der Waals surface area contributed by atoms with Gasteiger partial charge in [-0.3, -0.25) is 9.48 Å². The van der Waals surface area contributed by atoms with Gasteiger partial charge in [-0.1, -0.05) is 6.07 Å². The molecule has 0 spiro atoms. The van der Waals surface area contributed by atoms with Crippen LogP contribution in [0.1, 0.15) is 27.3 Å². The van der Waals surface area contributed by atoms with E-state index in [1.807, 2.05) is 19.9 Å². The number of nitrogens with one attached hydrogen (secondary N) is 1. The van der Waals surface area contributed by atoms with Gasteiger partial charge in [-0.2, -0.15) is 5.10 Å². The predicted octanol–water partition coefficient (Wildman–Crippen LogP) is 0.944. The molecular formula is C13H17N5O. The lowest BCUT2D eigenvalue weighted by molar-refractivity contribution is 0.0949. The lowest BCUT2D eigenvalue weighted by atomic mass is 10.0. The standard InChI is InChI=1S/C13H17N5O/c1-8-4-9(2)11(14)5-10(8)13(19)15-6-12-16-7-18(3)17-12/h4-5,7H,6,14H2,1-3H3,(H,15,19). The van der Waals surface area contributed by atoms with Crippen molar-refractivity contribution in [2.75, 3.05) is 5.73 Å². The molecule has 6 nitrogen and oxygen atoms in total. The summed E-state index contributed by atoms with van der Waals surface area (Å²) in [5, 5.41) is 6.88. The van der Waals surface area contributed by atoms with Gasteiger partial charge in [0.15, 0.2) is 5.82 Å². The molecule has 19 heavy (non-hydrogen) atoms. The number of nitrogens with two attached hydrogens (primary N) is 1. The van der Waals surface area contributed by atoms with Gasteiger partial charge < -0.3 is 11.1 Å². The predicted molar refractivity (Wildman–Crippen MR) is 72.5 cm³/mol. The van der Waals surface area contributed by atoms with E-state index < -0.39 is 0 Å². The van der Waals surface area contributed by atoms with Crippen molar-refractivity contribution in [2.24, 2.45) is 7.05 Å². The van der Waals surface area contributed by atoms with Gasteiger partial charge in [0.05, 0.1) is 6.54 Å². The maximum absolute atomic E-state index is 12.1. The molecule has 100 valence electrons. The van der Waals surface area contributed by atoms with Gasteiger partial charge in [0, 0.05) is 18.3 Å². The highest BCUT2D eigenvalue weighted by Crippen LogP contribution is 2.17. The van der Waals surface area contributed by atoms with Crippen molar-refractivity contribution >= 4 is 11.6 Å². The lowest BCUT2D eigenvalue weighted by Crippen LogP contribution is -2.24. The zero-order valence-corrected chi connectivity index (χ0v) is 11.3. The first-order chi connectivity index (χ1) is 8.97. The number of aromatic nitrogens is 3. The largest absolute Gasteiger partial charge is 0.398 e. The zero-order valence-electron chi connectivity index (χ0n) is 11.3. The van der Waals surface area contributed by atoms with Gasteiger partial charge in [-0.15, -0.1) is 0 Å². The average Bonchev–Trinajstić information content (AvgIpc) is 2.77. The summed E-state index contributed by atoms with van der Waals surface area (Å²) in [6.45, 7) is 4.11. The molecular weight excluding hydrogens is 242 g/mol. The quantitative estimate of drug-likeness (QED) is 0.803. The number of hydrogen-bond donors (Lipinski definition) is 2. The molecule has 1 aromatic heterocycles. The number of carbonyl (C=O) groups excluding carboxylic acids is 1. The summed E-state index contributed by atoms with van der Waals surface area (Å²) in [6, 6.07) is 3.61. The maximum atomic E-state index is 12.1. The smallest absolute Gasteiger partial charge is 0.252 e. The van der Waals surface area contributed by atoms with Crippen molar-refractivity contribution in [3.8, 4) is 0 Å². The van der Waals surface area contributed by atoms with E-state index >= 15 is 0 Å². The summed E-state index contributed by atoms with van der Waals surface area (Å²) in [4.78, 5) is 16.1. The molecule has 1 amide bonds. The Morgan fingerprint density at radius 1 is 1.37 bits per heavy atom. The van der Waals surface area contributed by atoms with E-state index in [1.165, 1.54) is 0 Å². The Bertz CT molecular complexity index is 617. The van der Waals surface area contributed by atoms with Crippen LogP contribution >= 0.6 is 0 Å². The Labute approximate surface area is 111 Å². The van der Waals surface area contributed by atoms with E-state index in [0.29, 0.717) is 23.6 Å². The summed E-state index contributed by atoms with van der Waals surface area (Å²) in [5.74, 6) is 0.408. The van der Waals surface area contributed by atoms with E-state index in [1.54, 1.807) is 24.1 Å². The highest BCUT2D eigenvalue weighted by Gasteiger charge is 2.11. The Kier molecular flexibility index (Phi) is 3.50. The molecule has 0 aliphatic rings. The fraction of sp³-hybridized carbons (Fsp3) is 0.308. The van der Waals surface area contributed by atoms with Crippen molar-refractivity contribution in [2.45, 2.75) is 20.4 Å². The van der Waals surface area contributed by atoms with Crippen LogP contribution in [0.3, 0.4) is 0 Å². The van der Waals surface area contributed by atoms with Crippen LogP contribution in [-0.4, -0.2) is 20.7 Å². The lowest BCUT2D eigenvalue weighted by Gasteiger charge is -2.09. The van der Waals surface area contributed by atoms with Crippen molar-refractivity contribution in [1.29, 1.82) is 0 Å². The molecule has 0 aliphatic carbocycles. The normalized spacial score (nSPS) is 10.5. The number of anilines is 1. The minimum Gasteiger partial charge on any atom is -0.398 e. The number of benzene rings is 1. The first-order valence-corrected chi connectivity index (χ1v) is 5.97. The van der Waals surface area contributed by atoms with Crippen LogP contribution in [0.2, 0.25) is 0 Å². The molecule has 6 heteroatoms. The summed E-state index contributed by atoms with van der Waals surface area (Å²) >= 11 is 0.